The van der Waals surface area contributed by atoms with Crippen LogP contribution in [0.4, 0.5) is 0 Å². The Morgan fingerprint density at radius 1 is 0.889 bits per heavy atom. The Hall–Kier alpha value is -2.96. The smallest absolute Gasteiger partial charge is 0.263 e. The number of benzene rings is 2. The standard InChI is InChI=1S/C21H13N3OS2/c25-19-18(27-21-15-10-11-26-20(15)22-12-23-21)17(13-6-2-1-3-7-13)14-8-4-5-9-16(14)24-19/h1-12H,(H,24,25). The molecule has 27 heavy (non-hydrogen) atoms. The second-order valence-electron chi connectivity index (χ2n) is 5.99. The molecule has 2 aromatic carbocycles. The van der Waals surface area contributed by atoms with E-state index >= 15 is 0 Å². The second-order valence-corrected chi connectivity index (χ2v) is 7.88. The Morgan fingerprint density at radius 3 is 2.59 bits per heavy atom. The normalized spacial score (nSPS) is 11.3. The van der Waals surface area contributed by atoms with Crippen molar-refractivity contribution in [2.24, 2.45) is 0 Å². The number of hydrogen-bond donors (Lipinski definition) is 1. The maximum absolute atomic E-state index is 13.0. The summed E-state index contributed by atoms with van der Waals surface area (Å²) in [7, 11) is 0. The molecule has 6 heteroatoms. The SMILES string of the molecule is O=c1[nH]c2ccccc2c(-c2ccccc2)c1Sc1ncnc2sccc12. The highest BCUT2D eigenvalue weighted by atomic mass is 32.2. The first kappa shape index (κ1) is 16.2. The van der Waals surface area contributed by atoms with Gasteiger partial charge in [0, 0.05) is 21.9 Å². The number of rotatable bonds is 3. The Labute approximate surface area is 162 Å². The summed E-state index contributed by atoms with van der Waals surface area (Å²) in [6.07, 6.45) is 1.55. The Balaban J connectivity index is 1.80. The van der Waals surface area contributed by atoms with Crippen molar-refractivity contribution in [3.05, 3.63) is 82.7 Å². The van der Waals surface area contributed by atoms with Crippen LogP contribution in [-0.4, -0.2) is 15.0 Å². The van der Waals surface area contributed by atoms with Crippen LogP contribution >= 0.6 is 23.1 Å². The Morgan fingerprint density at radius 2 is 1.70 bits per heavy atom. The summed E-state index contributed by atoms with van der Waals surface area (Å²) < 4.78 is 0. The number of thiophene rings is 1. The van der Waals surface area contributed by atoms with Gasteiger partial charge in [0.15, 0.2) is 0 Å². The van der Waals surface area contributed by atoms with Crippen molar-refractivity contribution in [3.8, 4) is 11.1 Å². The van der Waals surface area contributed by atoms with Crippen LogP contribution in [0.3, 0.4) is 0 Å². The summed E-state index contributed by atoms with van der Waals surface area (Å²) in [5.41, 5.74) is 2.66. The molecule has 3 heterocycles. The third kappa shape index (κ3) is 2.83. The van der Waals surface area contributed by atoms with Crippen LogP contribution in [0.5, 0.6) is 0 Å². The van der Waals surface area contributed by atoms with Crippen LogP contribution in [0.2, 0.25) is 0 Å². The van der Waals surface area contributed by atoms with E-state index in [0.717, 1.165) is 37.3 Å². The van der Waals surface area contributed by atoms with Crippen LogP contribution in [0.1, 0.15) is 0 Å². The number of aromatic amines is 1. The van der Waals surface area contributed by atoms with E-state index in [9.17, 15) is 4.79 Å². The zero-order chi connectivity index (χ0) is 18.2. The minimum Gasteiger partial charge on any atom is -0.321 e. The van der Waals surface area contributed by atoms with Gasteiger partial charge in [-0.15, -0.1) is 11.3 Å². The molecule has 0 spiro atoms. The molecule has 0 aliphatic rings. The van der Waals surface area contributed by atoms with Crippen molar-refractivity contribution in [1.82, 2.24) is 15.0 Å². The fraction of sp³-hybridized carbons (Fsp3) is 0. The number of H-pyrrole nitrogens is 1. The quantitative estimate of drug-likeness (QED) is 0.424. The summed E-state index contributed by atoms with van der Waals surface area (Å²) in [5.74, 6) is 0. The van der Waals surface area contributed by atoms with Gasteiger partial charge < -0.3 is 4.98 Å². The van der Waals surface area contributed by atoms with Gasteiger partial charge in [0.25, 0.3) is 5.56 Å². The molecule has 0 aliphatic carbocycles. The summed E-state index contributed by atoms with van der Waals surface area (Å²) in [5, 5.41) is 4.77. The zero-order valence-electron chi connectivity index (χ0n) is 14.0. The molecule has 130 valence electrons. The first-order valence-electron chi connectivity index (χ1n) is 8.38. The number of nitrogens with one attached hydrogen (secondary N) is 1. The van der Waals surface area contributed by atoms with Gasteiger partial charge >= 0.3 is 0 Å². The third-order valence-electron chi connectivity index (χ3n) is 4.36. The molecular weight excluding hydrogens is 374 g/mol. The van der Waals surface area contributed by atoms with Crippen molar-refractivity contribution in [2.45, 2.75) is 9.92 Å². The van der Waals surface area contributed by atoms with E-state index in [1.807, 2.05) is 66.0 Å². The molecule has 0 atom stereocenters. The van der Waals surface area contributed by atoms with Gasteiger partial charge in [0.1, 0.15) is 16.2 Å². The predicted octanol–water partition coefficient (Wildman–Crippen LogP) is 5.35. The Kier molecular flexibility index (Phi) is 3.99. The fourth-order valence-corrected chi connectivity index (χ4v) is 5.00. The molecule has 0 radical (unpaired) electrons. The van der Waals surface area contributed by atoms with Crippen molar-refractivity contribution in [3.63, 3.8) is 0 Å². The molecule has 0 fully saturated rings. The van der Waals surface area contributed by atoms with E-state index in [0.29, 0.717) is 4.90 Å². The molecule has 0 amide bonds. The predicted molar refractivity (Wildman–Crippen MR) is 112 cm³/mol. The molecule has 0 aliphatic heterocycles. The lowest BCUT2D eigenvalue weighted by atomic mass is 10.0. The summed E-state index contributed by atoms with van der Waals surface area (Å²) >= 11 is 2.97. The zero-order valence-corrected chi connectivity index (χ0v) is 15.7. The van der Waals surface area contributed by atoms with Gasteiger partial charge in [-0.05, 0) is 23.1 Å². The highest BCUT2D eigenvalue weighted by molar-refractivity contribution is 7.99. The van der Waals surface area contributed by atoms with Gasteiger partial charge in [0.05, 0.1) is 4.90 Å². The second kappa shape index (κ2) is 6.64. The molecule has 1 N–H and O–H groups in total. The number of aromatic nitrogens is 3. The van der Waals surface area contributed by atoms with E-state index in [2.05, 4.69) is 15.0 Å². The molecule has 3 aromatic heterocycles. The van der Waals surface area contributed by atoms with Crippen LogP contribution in [-0.2, 0) is 0 Å². The number of fused-ring (bicyclic) bond motifs is 2. The minimum atomic E-state index is -0.112. The van der Waals surface area contributed by atoms with E-state index in [1.54, 1.807) is 17.7 Å². The average molecular weight is 387 g/mol. The van der Waals surface area contributed by atoms with Gasteiger partial charge in [-0.25, -0.2) is 9.97 Å². The van der Waals surface area contributed by atoms with Gasteiger partial charge in [-0.2, -0.15) is 0 Å². The molecule has 0 bridgehead atoms. The topological polar surface area (TPSA) is 58.6 Å². The lowest BCUT2D eigenvalue weighted by molar-refractivity contribution is 1.10. The van der Waals surface area contributed by atoms with Gasteiger partial charge in [-0.1, -0.05) is 60.3 Å². The first-order valence-corrected chi connectivity index (χ1v) is 10.1. The van der Waals surface area contributed by atoms with Crippen molar-refractivity contribution < 1.29 is 0 Å². The largest absolute Gasteiger partial charge is 0.321 e. The molecule has 5 aromatic rings. The van der Waals surface area contributed by atoms with Crippen LogP contribution in [0, 0.1) is 0 Å². The lowest BCUT2D eigenvalue weighted by Gasteiger charge is -2.12. The van der Waals surface area contributed by atoms with Crippen molar-refractivity contribution >= 4 is 44.2 Å². The van der Waals surface area contributed by atoms with Gasteiger partial charge in [-0.3, -0.25) is 4.79 Å². The van der Waals surface area contributed by atoms with E-state index < -0.39 is 0 Å². The van der Waals surface area contributed by atoms with E-state index in [4.69, 9.17) is 0 Å². The fourth-order valence-electron chi connectivity index (χ4n) is 3.16. The van der Waals surface area contributed by atoms with Crippen molar-refractivity contribution in [2.75, 3.05) is 0 Å². The molecule has 0 saturated carbocycles. The number of para-hydroxylation sites is 1. The molecular formula is C21H13N3OS2. The molecule has 5 rings (SSSR count). The lowest BCUT2D eigenvalue weighted by Crippen LogP contribution is -2.10. The molecule has 0 saturated heterocycles. The van der Waals surface area contributed by atoms with E-state index in [1.165, 1.54) is 11.8 Å². The van der Waals surface area contributed by atoms with Gasteiger partial charge in [0.2, 0.25) is 0 Å². The van der Waals surface area contributed by atoms with Crippen molar-refractivity contribution in [1.29, 1.82) is 0 Å². The number of pyridine rings is 1. The highest BCUT2D eigenvalue weighted by Gasteiger charge is 2.17. The number of nitrogens with zero attached hydrogens (tertiary/aromatic N) is 2. The Bertz CT molecular complexity index is 1330. The summed E-state index contributed by atoms with van der Waals surface area (Å²) in [4.78, 5) is 26.3. The van der Waals surface area contributed by atoms with Crippen LogP contribution in [0.15, 0.2) is 87.1 Å². The monoisotopic (exact) mass is 387 g/mol. The summed E-state index contributed by atoms with van der Waals surface area (Å²) in [6.45, 7) is 0. The first-order chi connectivity index (χ1) is 13.3. The average Bonchev–Trinajstić information content (AvgIpc) is 3.19. The number of hydrogen-bond acceptors (Lipinski definition) is 5. The summed E-state index contributed by atoms with van der Waals surface area (Å²) in [6, 6.07) is 19.9. The van der Waals surface area contributed by atoms with Crippen LogP contribution in [0.25, 0.3) is 32.2 Å². The minimum absolute atomic E-state index is 0.112. The maximum Gasteiger partial charge on any atom is 0.263 e. The highest BCUT2D eigenvalue weighted by Crippen LogP contribution is 2.39. The molecule has 4 nitrogen and oxygen atoms in total. The van der Waals surface area contributed by atoms with E-state index in [-0.39, 0.29) is 5.56 Å². The maximum atomic E-state index is 13.0. The van der Waals surface area contributed by atoms with Crippen LogP contribution < -0.4 is 5.56 Å². The third-order valence-corrected chi connectivity index (χ3v) is 6.30. The molecule has 0 unspecified atom stereocenters.